The summed E-state index contributed by atoms with van der Waals surface area (Å²) in [5, 5.41) is 0.568. The van der Waals surface area contributed by atoms with Crippen molar-refractivity contribution in [2.24, 2.45) is 4.99 Å². The summed E-state index contributed by atoms with van der Waals surface area (Å²) in [6.07, 6.45) is 1.75. The number of rotatable bonds is 5. The van der Waals surface area contributed by atoms with Crippen molar-refractivity contribution in [3.05, 3.63) is 76.3 Å². The average Bonchev–Trinajstić information content (AvgIpc) is 2.83. The van der Waals surface area contributed by atoms with Crippen LogP contribution < -0.4 is 4.72 Å². The molecule has 0 radical (unpaired) electrons. The Kier molecular flexibility index (Phi) is 5.49. The van der Waals surface area contributed by atoms with E-state index >= 15 is 0 Å². The number of benzene rings is 2. The van der Waals surface area contributed by atoms with Gasteiger partial charge in [-0.05, 0) is 49.9 Å². The summed E-state index contributed by atoms with van der Waals surface area (Å²) in [7, 11) is -3.61. The van der Waals surface area contributed by atoms with Gasteiger partial charge in [0.1, 0.15) is 10.7 Å². The molecular weight excluding hydrogens is 368 g/mol. The maximum Gasteiger partial charge on any atom is 0.264 e. The molecular formula is C20H21ClN2O2S. The molecule has 3 rings (SSSR count). The number of amidine groups is 1. The molecule has 136 valence electrons. The van der Waals surface area contributed by atoms with Crippen LogP contribution in [0.15, 0.2) is 65.2 Å². The topological polar surface area (TPSA) is 58.5 Å². The zero-order valence-electron chi connectivity index (χ0n) is 14.7. The minimum Gasteiger partial charge on any atom is -0.264 e. The lowest BCUT2D eigenvalue weighted by atomic mass is 10.1. The van der Waals surface area contributed by atoms with E-state index in [2.05, 4.69) is 21.8 Å². The number of aliphatic imine (C=N–C) groups is 1. The third-order valence-electron chi connectivity index (χ3n) is 4.35. The summed E-state index contributed by atoms with van der Waals surface area (Å²) in [5.41, 5.74) is 2.50. The van der Waals surface area contributed by atoms with E-state index in [4.69, 9.17) is 11.6 Å². The number of hydrogen-bond donors (Lipinski definition) is 1. The Morgan fingerprint density at radius 1 is 1.08 bits per heavy atom. The second-order valence-corrected chi connectivity index (χ2v) is 8.47. The van der Waals surface area contributed by atoms with Crippen LogP contribution in [-0.2, 0) is 16.4 Å². The van der Waals surface area contributed by atoms with Gasteiger partial charge in [0.05, 0.1) is 0 Å². The lowest BCUT2D eigenvalue weighted by Crippen LogP contribution is -2.25. The molecule has 1 heterocycles. The maximum absolute atomic E-state index is 12.5. The van der Waals surface area contributed by atoms with E-state index in [1.54, 1.807) is 31.2 Å². The summed E-state index contributed by atoms with van der Waals surface area (Å²) >= 11 is 5.90. The van der Waals surface area contributed by atoms with Gasteiger partial charge in [0.25, 0.3) is 10.0 Å². The Bertz CT molecular complexity index is 949. The lowest BCUT2D eigenvalue weighted by Gasteiger charge is -2.08. The van der Waals surface area contributed by atoms with E-state index in [1.807, 2.05) is 25.1 Å². The fraction of sp³-hybridized carbons (Fsp3) is 0.250. The first-order valence-electron chi connectivity index (χ1n) is 8.48. The van der Waals surface area contributed by atoms with Crippen LogP contribution in [0.3, 0.4) is 0 Å². The van der Waals surface area contributed by atoms with E-state index in [0.717, 1.165) is 12.8 Å². The first-order valence-corrected chi connectivity index (χ1v) is 10.3. The second kappa shape index (κ2) is 7.64. The number of hydrogen-bond acceptors (Lipinski definition) is 3. The first kappa shape index (κ1) is 18.7. The third kappa shape index (κ3) is 4.17. The van der Waals surface area contributed by atoms with Crippen LogP contribution in [0.25, 0.3) is 4.91 Å². The van der Waals surface area contributed by atoms with Gasteiger partial charge in [-0.1, -0.05) is 54.1 Å². The number of aryl methyl sites for hydroxylation is 1. The molecule has 1 aliphatic rings. The van der Waals surface area contributed by atoms with Gasteiger partial charge in [0.15, 0.2) is 0 Å². The highest BCUT2D eigenvalue weighted by Crippen LogP contribution is 2.30. The average molecular weight is 389 g/mol. The van der Waals surface area contributed by atoms with Gasteiger partial charge in [-0.25, -0.2) is 8.42 Å². The van der Waals surface area contributed by atoms with Crippen LogP contribution >= 0.6 is 11.6 Å². The molecule has 0 saturated carbocycles. The van der Waals surface area contributed by atoms with Crippen molar-refractivity contribution < 1.29 is 8.42 Å². The monoisotopic (exact) mass is 388 g/mol. The Morgan fingerprint density at radius 2 is 1.73 bits per heavy atom. The Morgan fingerprint density at radius 3 is 2.38 bits per heavy atom. The van der Waals surface area contributed by atoms with Crippen molar-refractivity contribution in [3.63, 3.8) is 0 Å². The fourth-order valence-electron chi connectivity index (χ4n) is 2.97. The molecule has 2 aromatic rings. The van der Waals surface area contributed by atoms with Crippen LogP contribution in [0.4, 0.5) is 0 Å². The largest absolute Gasteiger partial charge is 0.264 e. The first-order chi connectivity index (χ1) is 12.4. The summed E-state index contributed by atoms with van der Waals surface area (Å²) < 4.78 is 27.7. The molecule has 26 heavy (non-hydrogen) atoms. The van der Waals surface area contributed by atoms with Crippen molar-refractivity contribution in [3.8, 4) is 0 Å². The van der Waals surface area contributed by atoms with E-state index < -0.39 is 10.0 Å². The van der Waals surface area contributed by atoms with Gasteiger partial charge < -0.3 is 0 Å². The normalized spacial score (nSPS) is 18.8. The molecule has 0 saturated heterocycles. The van der Waals surface area contributed by atoms with Gasteiger partial charge in [-0.2, -0.15) is 0 Å². The zero-order valence-corrected chi connectivity index (χ0v) is 16.3. The standard InChI is InChI=1S/C20H21ClN2O2S/c1-14(8-9-16-6-4-3-5-7-16)22-20-15(2)19(26(24,25)23-20)17-10-12-18(21)13-11-17/h3-7,10-14H,8-9H2,1-2H3,(H,22,23)/t14-/m1/s1. The molecule has 0 unspecified atom stereocenters. The van der Waals surface area contributed by atoms with E-state index in [0.29, 0.717) is 22.0 Å². The predicted octanol–water partition coefficient (Wildman–Crippen LogP) is 4.42. The van der Waals surface area contributed by atoms with Crippen molar-refractivity contribution in [1.29, 1.82) is 0 Å². The molecule has 1 atom stereocenters. The summed E-state index contributed by atoms with van der Waals surface area (Å²) in [4.78, 5) is 4.87. The second-order valence-electron chi connectivity index (χ2n) is 6.42. The molecule has 6 heteroatoms. The molecule has 0 spiro atoms. The number of nitrogens with zero attached hydrogens (tertiary/aromatic N) is 1. The van der Waals surface area contributed by atoms with Gasteiger partial charge >= 0.3 is 0 Å². The molecule has 0 aromatic heterocycles. The highest BCUT2D eigenvalue weighted by molar-refractivity contribution is 8.00. The van der Waals surface area contributed by atoms with Crippen LogP contribution in [0.1, 0.15) is 31.4 Å². The van der Waals surface area contributed by atoms with Crippen LogP contribution in [0.2, 0.25) is 5.02 Å². The van der Waals surface area contributed by atoms with E-state index in [1.165, 1.54) is 5.56 Å². The lowest BCUT2D eigenvalue weighted by molar-refractivity contribution is 0.603. The zero-order chi connectivity index (χ0) is 18.7. The van der Waals surface area contributed by atoms with Crippen molar-refractivity contribution in [2.75, 3.05) is 0 Å². The van der Waals surface area contributed by atoms with E-state index in [9.17, 15) is 8.42 Å². The number of nitrogens with one attached hydrogen (secondary N) is 1. The predicted molar refractivity (Wildman–Crippen MR) is 108 cm³/mol. The molecule has 0 aliphatic carbocycles. The van der Waals surface area contributed by atoms with E-state index in [-0.39, 0.29) is 10.9 Å². The van der Waals surface area contributed by atoms with Crippen molar-refractivity contribution >= 4 is 32.4 Å². The van der Waals surface area contributed by atoms with Crippen LogP contribution in [0.5, 0.6) is 0 Å². The van der Waals surface area contributed by atoms with Crippen molar-refractivity contribution in [2.45, 2.75) is 32.7 Å². The fourth-order valence-corrected chi connectivity index (χ4v) is 4.60. The highest BCUT2D eigenvalue weighted by atomic mass is 35.5. The SMILES string of the molecule is CC1=C(c2ccc(Cl)cc2)S(=O)(=O)NC1=N[C@H](C)CCc1ccccc1. The minimum atomic E-state index is -3.61. The van der Waals surface area contributed by atoms with Crippen LogP contribution in [0, 0.1) is 0 Å². The quantitative estimate of drug-likeness (QED) is 0.823. The van der Waals surface area contributed by atoms with Gasteiger partial charge in [-0.15, -0.1) is 0 Å². The van der Waals surface area contributed by atoms with Gasteiger partial charge in [0.2, 0.25) is 0 Å². The van der Waals surface area contributed by atoms with Crippen LogP contribution in [-0.4, -0.2) is 20.3 Å². The Balaban J connectivity index is 1.81. The molecule has 0 amide bonds. The Hall–Kier alpha value is -2.11. The molecule has 2 aromatic carbocycles. The molecule has 1 aliphatic heterocycles. The Labute approximate surface area is 159 Å². The third-order valence-corrected chi connectivity index (χ3v) is 6.14. The molecule has 0 fully saturated rings. The van der Waals surface area contributed by atoms with Gasteiger partial charge in [0, 0.05) is 16.6 Å². The smallest absolute Gasteiger partial charge is 0.264 e. The summed E-state index contributed by atoms with van der Waals surface area (Å²) in [5.74, 6) is 0.426. The summed E-state index contributed by atoms with van der Waals surface area (Å²) in [6.45, 7) is 3.78. The highest BCUT2D eigenvalue weighted by Gasteiger charge is 2.32. The minimum absolute atomic E-state index is 0.00687. The number of sulfonamides is 1. The molecule has 0 bridgehead atoms. The summed E-state index contributed by atoms with van der Waals surface area (Å²) in [6, 6.07) is 17.0. The van der Waals surface area contributed by atoms with Gasteiger partial charge in [-0.3, -0.25) is 9.71 Å². The van der Waals surface area contributed by atoms with Crippen molar-refractivity contribution in [1.82, 2.24) is 4.72 Å². The maximum atomic E-state index is 12.5. The molecule has 4 nitrogen and oxygen atoms in total. The molecule has 1 N–H and O–H groups in total. The number of halogens is 1.